The van der Waals surface area contributed by atoms with E-state index >= 15 is 0 Å². The molecule has 0 atom stereocenters. The van der Waals surface area contributed by atoms with Crippen LogP contribution in [0.25, 0.3) is 0 Å². The second kappa shape index (κ2) is 5.47. The number of carboxylic acid groups (broad SMARTS) is 1. The maximum absolute atomic E-state index is 12.5. The molecule has 0 saturated carbocycles. The number of carbonyl (C=O) groups is 1. The minimum atomic E-state index is -5.69. The minimum Gasteiger partial charge on any atom is -0.477 e. The van der Waals surface area contributed by atoms with Crippen molar-refractivity contribution in [3.8, 4) is 0 Å². The van der Waals surface area contributed by atoms with Gasteiger partial charge in [0.15, 0.2) is 0 Å². The molecule has 0 spiro atoms. The quantitative estimate of drug-likeness (QED) is 0.844. The molecule has 0 saturated heterocycles. The molecule has 0 radical (unpaired) electrons. The zero-order valence-corrected chi connectivity index (χ0v) is 9.25. The second-order valence-corrected chi connectivity index (χ2v) is 3.51. The molecule has 0 aliphatic carbocycles. The lowest BCUT2D eigenvalue weighted by Gasteiger charge is -2.19. The van der Waals surface area contributed by atoms with Crippen molar-refractivity contribution in [3.05, 3.63) is 29.6 Å². The Morgan fingerprint density at radius 3 is 2.42 bits per heavy atom. The maximum Gasteiger partial charge on any atom is 0.455 e. The first-order valence-electron chi connectivity index (χ1n) is 4.85. The van der Waals surface area contributed by atoms with Gasteiger partial charge in [-0.3, -0.25) is 0 Å². The number of alkyl halides is 5. The molecule has 0 aliphatic heterocycles. The summed E-state index contributed by atoms with van der Waals surface area (Å²) in [6.07, 6.45) is -5.69. The number of ether oxygens (including phenoxy) is 1. The summed E-state index contributed by atoms with van der Waals surface area (Å²) >= 11 is 0. The smallest absolute Gasteiger partial charge is 0.455 e. The molecule has 1 N–H and O–H groups in total. The molecule has 0 aliphatic rings. The fourth-order valence-electron chi connectivity index (χ4n) is 1.04. The topological polar surface area (TPSA) is 59.4 Å². The molecule has 0 amide bonds. The van der Waals surface area contributed by atoms with Gasteiger partial charge >= 0.3 is 18.1 Å². The van der Waals surface area contributed by atoms with Crippen LogP contribution in [0.3, 0.4) is 0 Å². The van der Waals surface area contributed by atoms with E-state index in [1.54, 1.807) is 0 Å². The van der Waals surface area contributed by atoms with Crippen LogP contribution in [0.2, 0.25) is 0 Å². The summed E-state index contributed by atoms with van der Waals surface area (Å²) in [5.74, 6) is -6.31. The molecule has 0 fully saturated rings. The van der Waals surface area contributed by atoms with E-state index in [4.69, 9.17) is 5.11 Å². The summed E-state index contributed by atoms with van der Waals surface area (Å²) in [4.78, 5) is 14.0. The van der Waals surface area contributed by atoms with E-state index in [2.05, 4.69) is 9.72 Å². The number of aromatic nitrogens is 1. The molecule has 0 bridgehead atoms. The second-order valence-electron chi connectivity index (χ2n) is 3.51. The Hall–Kier alpha value is -1.77. The minimum absolute atomic E-state index is 0.0575. The van der Waals surface area contributed by atoms with Gasteiger partial charge in [-0.2, -0.15) is 22.0 Å². The summed E-state index contributed by atoms with van der Waals surface area (Å²) in [5.41, 5.74) is -0.415. The van der Waals surface area contributed by atoms with Crippen LogP contribution in [-0.4, -0.2) is 34.8 Å². The van der Waals surface area contributed by atoms with Crippen LogP contribution in [0.15, 0.2) is 18.2 Å². The van der Waals surface area contributed by atoms with Crippen molar-refractivity contribution in [2.24, 2.45) is 0 Å². The van der Waals surface area contributed by atoms with Crippen LogP contribution >= 0.6 is 0 Å². The van der Waals surface area contributed by atoms with Crippen LogP contribution in [0.1, 0.15) is 16.2 Å². The van der Waals surface area contributed by atoms with Crippen LogP contribution in [0, 0.1) is 0 Å². The number of halogens is 5. The Morgan fingerprint density at radius 2 is 1.89 bits per heavy atom. The molecule has 19 heavy (non-hydrogen) atoms. The third-order valence-corrected chi connectivity index (χ3v) is 1.97. The Morgan fingerprint density at radius 1 is 1.26 bits per heavy atom. The molecule has 0 aromatic carbocycles. The average molecular weight is 285 g/mol. The average Bonchev–Trinajstić information content (AvgIpc) is 2.27. The van der Waals surface area contributed by atoms with Crippen LogP contribution in [-0.2, 0) is 11.3 Å². The largest absolute Gasteiger partial charge is 0.477 e. The van der Waals surface area contributed by atoms with Gasteiger partial charge in [0.1, 0.15) is 12.3 Å². The summed E-state index contributed by atoms with van der Waals surface area (Å²) in [5, 5.41) is 8.60. The van der Waals surface area contributed by atoms with Gasteiger partial charge in [-0.25, -0.2) is 9.78 Å². The standard InChI is InChI=1S/C10H8F5NO3/c11-9(12,10(13,14)15)5-19-4-6-2-1-3-7(16-6)8(17)18/h1-3H,4-5H2,(H,17,18). The lowest BCUT2D eigenvalue weighted by molar-refractivity contribution is -0.297. The Balaban J connectivity index is 2.59. The SMILES string of the molecule is O=C(O)c1cccc(COCC(F)(F)C(F)(F)F)n1. The first-order valence-corrected chi connectivity index (χ1v) is 4.85. The van der Waals surface area contributed by atoms with Gasteiger partial charge in [-0.05, 0) is 12.1 Å². The van der Waals surface area contributed by atoms with Gasteiger partial charge in [-0.15, -0.1) is 0 Å². The van der Waals surface area contributed by atoms with Crippen molar-refractivity contribution in [2.75, 3.05) is 6.61 Å². The third kappa shape index (κ3) is 4.12. The number of hydrogen-bond acceptors (Lipinski definition) is 3. The molecular weight excluding hydrogens is 277 g/mol. The zero-order chi connectivity index (χ0) is 14.7. The van der Waals surface area contributed by atoms with Gasteiger partial charge in [0, 0.05) is 0 Å². The normalized spacial score (nSPS) is 12.5. The van der Waals surface area contributed by atoms with E-state index in [0.29, 0.717) is 0 Å². The van der Waals surface area contributed by atoms with Gasteiger partial charge in [0.05, 0.1) is 12.3 Å². The first kappa shape index (κ1) is 15.3. The van der Waals surface area contributed by atoms with Crippen molar-refractivity contribution in [3.63, 3.8) is 0 Å². The van der Waals surface area contributed by atoms with Crippen molar-refractivity contribution >= 4 is 5.97 Å². The monoisotopic (exact) mass is 285 g/mol. The molecule has 4 nitrogen and oxygen atoms in total. The number of carboxylic acids is 1. The Kier molecular flexibility index (Phi) is 4.40. The zero-order valence-electron chi connectivity index (χ0n) is 9.25. The van der Waals surface area contributed by atoms with Gasteiger partial charge in [0.25, 0.3) is 0 Å². The molecule has 1 aromatic heterocycles. The first-order chi connectivity index (χ1) is 8.63. The van der Waals surface area contributed by atoms with E-state index < -0.39 is 31.3 Å². The fraction of sp³-hybridized carbons (Fsp3) is 0.400. The van der Waals surface area contributed by atoms with Gasteiger partial charge in [0.2, 0.25) is 0 Å². The molecular formula is C10H8F5NO3. The van der Waals surface area contributed by atoms with Gasteiger partial charge in [-0.1, -0.05) is 6.07 Å². The predicted octanol–water partition coefficient (Wildman–Crippen LogP) is 2.49. The maximum atomic E-state index is 12.5. The molecule has 0 unspecified atom stereocenters. The molecule has 1 rings (SSSR count). The van der Waals surface area contributed by atoms with Crippen molar-refractivity contribution in [2.45, 2.75) is 18.7 Å². The van der Waals surface area contributed by atoms with Crippen molar-refractivity contribution in [1.29, 1.82) is 0 Å². The molecule has 106 valence electrons. The lowest BCUT2D eigenvalue weighted by atomic mass is 10.3. The van der Waals surface area contributed by atoms with E-state index in [1.165, 1.54) is 12.1 Å². The number of pyridine rings is 1. The van der Waals surface area contributed by atoms with Crippen molar-refractivity contribution < 1.29 is 36.6 Å². The summed E-state index contributed by atoms with van der Waals surface area (Å²) in [6.45, 7) is -2.50. The highest BCUT2D eigenvalue weighted by Crippen LogP contribution is 2.35. The Bertz CT molecular complexity index is 461. The number of aromatic carboxylic acids is 1. The molecule has 1 heterocycles. The predicted molar refractivity (Wildman–Crippen MR) is 51.9 cm³/mol. The molecule has 9 heteroatoms. The fourth-order valence-corrected chi connectivity index (χ4v) is 1.04. The van der Waals surface area contributed by atoms with E-state index in [9.17, 15) is 26.7 Å². The van der Waals surface area contributed by atoms with Crippen LogP contribution in [0.4, 0.5) is 22.0 Å². The Labute approximate surface area is 103 Å². The van der Waals surface area contributed by atoms with Gasteiger partial charge < -0.3 is 9.84 Å². The van der Waals surface area contributed by atoms with E-state index in [0.717, 1.165) is 6.07 Å². The number of rotatable bonds is 5. The van der Waals surface area contributed by atoms with E-state index in [1.807, 2.05) is 0 Å². The summed E-state index contributed by atoms with van der Waals surface area (Å²) < 4.78 is 64.6. The van der Waals surface area contributed by atoms with Crippen molar-refractivity contribution in [1.82, 2.24) is 4.98 Å². The number of nitrogens with zero attached hydrogens (tertiary/aromatic N) is 1. The van der Waals surface area contributed by atoms with Crippen LogP contribution in [0.5, 0.6) is 0 Å². The summed E-state index contributed by atoms with van der Waals surface area (Å²) in [7, 11) is 0. The van der Waals surface area contributed by atoms with Crippen LogP contribution < -0.4 is 0 Å². The highest BCUT2D eigenvalue weighted by atomic mass is 19.4. The molecule has 1 aromatic rings. The number of hydrogen-bond donors (Lipinski definition) is 1. The summed E-state index contributed by atoms with van der Waals surface area (Å²) in [6, 6.07) is 3.67. The van der Waals surface area contributed by atoms with E-state index in [-0.39, 0.29) is 11.4 Å². The highest BCUT2D eigenvalue weighted by Gasteiger charge is 2.57. The lowest BCUT2D eigenvalue weighted by Crippen LogP contribution is -2.40. The highest BCUT2D eigenvalue weighted by molar-refractivity contribution is 5.85. The third-order valence-electron chi connectivity index (χ3n) is 1.97.